The standard InChI is InChI=1S/C17H30N2O4.ClH/c1-16(2,3)23-15(22)18-17(14(20)21)8-10-19(11-9-17)12-13-6-4-5-7-13;/h13H,4-12H2,1-3H3,(H,18,22)(H,20,21);1H. The van der Waals surface area contributed by atoms with E-state index in [2.05, 4.69) is 10.2 Å². The van der Waals surface area contributed by atoms with Gasteiger partial charge >= 0.3 is 12.1 Å². The topological polar surface area (TPSA) is 78.9 Å². The molecule has 7 heteroatoms. The first-order valence-corrected chi connectivity index (χ1v) is 8.67. The highest BCUT2D eigenvalue weighted by molar-refractivity contribution is 5.85. The minimum Gasteiger partial charge on any atom is -0.480 e. The first-order valence-electron chi connectivity index (χ1n) is 8.67. The summed E-state index contributed by atoms with van der Waals surface area (Å²) in [5, 5.41) is 12.2. The van der Waals surface area contributed by atoms with E-state index in [1.807, 2.05) is 0 Å². The average molecular weight is 363 g/mol. The van der Waals surface area contributed by atoms with Crippen LogP contribution in [0.5, 0.6) is 0 Å². The van der Waals surface area contributed by atoms with E-state index in [4.69, 9.17) is 4.74 Å². The van der Waals surface area contributed by atoms with Gasteiger partial charge in [0.25, 0.3) is 0 Å². The number of carbonyl (C=O) groups excluding carboxylic acids is 1. The average Bonchev–Trinajstić information content (AvgIpc) is 2.91. The van der Waals surface area contributed by atoms with Crippen LogP contribution in [0.4, 0.5) is 4.79 Å². The molecule has 0 bridgehead atoms. The van der Waals surface area contributed by atoms with Crippen LogP contribution in [0, 0.1) is 5.92 Å². The zero-order chi connectivity index (χ0) is 17.1. The number of amides is 1. The van der Waals surface area contributed by atoms with Crippen molar-refractivity contribution in [2.45, 2.75) is 70.4 Å². The van der Waals surface area contributed by atoms with Crippen molar-refractivity contribution in [3.05, 3.63) is 0 Å². The third kappa shape index (κ3) is 5.81. The number of rotatable bonds is 4. The molecule has 1 aliphatic heterocycles. The van der Waals surface area contributed by atoms with Crippen LogP contribution in [-0.4, -0.2) is 52.8 Å². The highest BCUT2D eigenvalue weighted by atomic mass is 35.5. The largest absolute Gasteiger partial charge is 0.480 e. The highest BCUT2D eigenvalue weighted by Gasteiger charge is 2.44. The van der Waals surface area contributed by atoms with E-state index in [0.29, 0.717) is 25.9 Å². The van der Waals surface area contributed by atoms with E-state index in [9.17, 15) is 14.7 Å². The number of likely N-dealkylation sites (tertiary alicyclic amines) is 1. The molecule has 1 saturated heterocycles. The van der Waals surface area contributed by atoms with Gasteiger partial charge in [-0.05, 0) is 52.4 Å². The second kappa shape index (κ2) is 8.39. The number of ether oxygens (including phenoxy) is 1. The Morgan fingerprint density at radius 2 is 1.75 bits per heavy atom. The molecule has 0 atom stereocenters. The first-order chi connectivity index (χ1) is 10.7. The number of nitrogens with zero attached hydrogens (tertiary/aromatic N) is 1. The van der Waals surface area contributed by atoms with Gasteiger partial charge in [-0.15, -0.1) is 12.4 Å². The number of hydrogen-bond donors (Lipinski definition) is 2. The number of hydrogen-bond acceptors (Lipinski definition) is 4. The molecule has 1 saturated carbocycles. The number of alkyl carbamates (subject to hydrolysis) is 1. The van der Waals surface area contributed by atoms with Gasteiger partial charge in [0.15, 0.2) is 0 Å². The molecule has 6 nitrogen and oxygen atoms in total. The van der Waals surface area contributed by atoms with Gasteiger partial charge in [-0.1, -0.05) is 12.8 Å². The fourth-order valence-electron chi connectivity index (χ4n) is 3.57. The van der Waals surface area contributed by atoms with Crippen molar-refractivity contribution in [1.29, 1.82) is 0 Å². The maximum absolute atomic E-state index is 12.0. The molecule has 0 aromatic heterocycles. The normalized spacial score (nSPS) is 21.8. The van der Waals surface area contributed by atoms with Gasteiger partial charge in [0, 0.05) is 19.6 Å². The fourth-order valence-corrected chi connectivity index (χ4v) is 3.57. The lowest BCUT2D eigenvalue weighted by atomic mass is 9.87. The summed E-state index contributed by atoms with van der Waals surface area (Å²) in [7, 11) is 0. The molecule has 2 N–H and O–H groups in total. The van der Waals surface area contributed by atoms with E-state index in [1.54, 1.807) is 20.8 Å². The summed E-state index contributed by atoms with van der Waals surface area (Å²) >= 11 is 0. The van der Waals surface area contributed by atoms with Crippen LogP contribution >= 0.6 is 12.4 Å². The maximum atomic E-state index is 12.0. The fraction of sp³-hybridized carbons (Fsp3) is 0.882. The van der Waals surface area contributed by atoms with Crippen LogP contribution in [0.25, 0.3) is 0 Å². The molecule has 0 radical (unpaired) electrons. The van der Waals surface area contributed by atoms with Crippen LogP contribution in [0.15, 0.2) is 0 Å². The summed E-state index contributed by atoms with van der Waals surface area (Å²) in [6.45, 7) is 7.78. The predicted octanol–water partition coefficient (Wildman–Crippen LogP) is 3.04. The van der Waals surface area contributed by atoms with Gasteiger partial charge in [-0.2, -0.15) is 0 Å². The zero-order valence-corrected chi connectivity index (χ0v) is 15.8. The molecule has 0 aromatic carbocycles. The number of carboxylic acid groups (broad SMARTS) is 1. The second-order valence-electron chi connectivity index (χ2n) is 7.97. The van der Waals surface area contributed by atoms with E-state index < -0.39 is 23.2 Å². The monoisotopic (exact) mass is 362 g/mol. The summed E-state index contributed by atoms with van der Waals surface area (Å²) < 4.78 is 5.22. The molecule has 2 aliphatic rings. The van der Waals surface area contributed by atoms with Gasteiger partial charge in [0.2, 0.25) is 0 Å². The Kier molecular flexibility index (Phi) is 7.35. The van der Waals surface area contributed by atoms with Crippen molar-refractivity contribution in [2.75, 3.05) is 19.6 Å². The number of piperidine rings is 1. The molecule has 2 fully saturated rings. The lowest BCUT2D eigenvalue weighted by molar-refractivity contribution is -0.147. The van der Waals surface area contributed by atoms with Crippen LogP contribution < -0.4 is 5.32 Å². The Hall–Kier alpha value is -1.01. The summed E-state index contributed by atoms with van der Waals surface area (Å²) in [4.78, 5) is 26.1. The van der Waals surface area contributed by atoms with Gasteiger partial charge in [-0.25, -0.2) is 9.59 Å². The number of aliphatic carboxylic acids is 1. The number of carboxylic acids is 1. The molecule has 2 rings (SSSR count). The molecule has 140 valence electrons. The number of carbonyl (C=O) groups is 2. The maximum Gasteiger partial charge on any atom is 0.408 e. The van der Waals surface area contributed by atoms with Crippen molar-refractivity contribution in [1.82, 2.24) is 10.2 Å². The van der Waals surface area contributed by atoms with Crippen molar-refractivity contribution in [3.8, 4) is 0 Å². The Bertz CT molecular complexity index is 436. The Labute approximate surface area is 150 Å². The summed E-state index contributed by atoms with van der Waals surface area (Å²) in [5.74, 6) is -0.213. The first kappa shape index (κ1) is 21.0. The molecule has 1 heterocycles. The van der Waals surface area contributed by atoms with E-state index in [0.717, 1.165) is 12.5 Å². The van der Waals surface area contributed by atoms with E-state index in [1.165, 1.54) is 25.7 Å². The minimum absolute atomic E-state index is 0. The van der Waals surface area contributed by atoms with Crippen LogP contribution in [0.1, 0.15) is 59.3 Å². The molecule has 1 amide bonds. The third-order valence-corrected chi connectivity index (χ3v) is 4.85. The lowest BCUT2D eigenvalue weighted by Crippen LogP contribution is -2.60. The summed E-state index contributed by atoms with van der Waals surface area (Å²) in [5.41, 5.74) is -1.83. The van der Waals surface area contributed by atoms with E-state index in [-0.39, 0.29) is 12.4 Å². The number of halogens is 1. The van der Waals surface area contributed by atoms with E-state index >= 15 is 0 Å². The molecular formula is C17H31ClN2O4. The minimum atomic E-state index is -1.20. The quantitative estimate of drug-likeness (QED) is 0.803. The Balaban J connectivity index is 0.00000288. The Morgan fingerprint density at radius 1 is 1.21 bits per heavy atom. The van der Waals surface area contributed by atoms with Gasteiger partial charge in [0.1, 0.15) is 11.1 Å². The SMILES string of the molecule is CC(C)(C)OC(=O)NC1(C(=O)O)CCN(CC2CCCC2)CC1.Cl. The highest BCUT2D eigenvalue weighted by Crippen LogP contribution is 2.29. The molecule has 0 spiro atoms. The van der Waals surface area contributed by atoms with Crippen LogP contribution in [-0.2, 0) is 9.53 Å². The van der Waals surface area contributed by atoms with Gasteiger partial charge in [0.05, 0.1) is 0 Å². The summed E-state index contributed by atoms with van der Waals surface area (Å²) in [6, 6.07) is 0. The van der Waals surface area contributed by atoms with Crippen molar-refractivity contribution in [2.24, 2.45) is 5.92 Å². The van der Waals surface area contributed by atoms with Crippen LogP contribution in [0.3, 0.4) is 0 Å². The van der Waals surface area contributed by atoms with Crippen molar-refractivity contribution < 1.29 is 19.4 Å². The second-order valence-corrected chi connectivity index (χ2v) is 7.97. The molecule has 0 unspecified atom stereocenters. The molecule has 0 aromatic rings. The molecular weight excluding hydrogens is 332 g/mol. The van der Waals surface area contributed by atoms with Crippen molar-refractivity contribution >= 4 is 24.5 Å². The smallest absolute Gasteiger partial charge is 0.408 e. The van der Waals surface area contributed by atoms with Crippen LogP contribution in [0.2, 0.25) is 0 Å². The van der Waals surface area contributed by atoms with Gasteiger partial charge in [-0.3, -0.25) is 0 Å². The third-order valence-electron chi connectivity index (χ3n) is 4.85. The molecule has 24 heavy (non-hydrogen) atoms. The predicted molar refractivity (Wildman–Crippen MR) is 94.6 cm³/mol. The Morgan fingerprint density at radius 3 is 2.21 bits per heavy atom. The van der Waals surface area contributed by atoms with Gasteiger partial charge < -0.3 is 20.1 Å². The molecule has 1 aliphatic carbocycles. The van der Waals surface area contributed by atoms with Crippen molar-refractivity contribution in [3.63, 3.8) is 0 Å². The lowest BCUT2D eigenvalue weighted by Gasteiger charge is -2.40. The summed E-state index contributed by atoms with van der Waals surface area (Å²) in [6.07, 6.45) is 5.41. The zero-order valence-electron chi connectivity index (χ0n) is 15.0. The number of nitrogens with one attached hydrogen (secondary N) is 1.